The lowest BCUT2D eigenvalue weighted by molar-refractivity contribution is -0.131. The molecule has 0 aliphatic rings. The van der Waals surface area contributed by atoms with Crippen molar-refractivity contribution < 1.29 is 24.1 Å². The molecular weight excluding hydrogens is 344 g/mol. The molecule has 144 valence electrons. The number of rotatable bonds is 8. The summed E-state index contributed by atoms with van der Waals surface area (Å²) >= 11 is 0. The summed E-state index contributed by atoms with van der Waals surface area (Å²) in [6.45, 7) is 7.21. The molecule has 0 bridgehead atoms. The van der Waals surface area contributed by atoms with Crippen molar-refractivity contribution in [3.8, 4) is 17.2 Å². The number of carbonyl (C=O) groups is 1. The van der Waals surface area contributed by atoms with Gasteiger partial charge >= 0.3 is 5.97 Å². The number of carboxylic acid groups (broad SMARTS) is 1. The number of hydrogen-bond donors (Lipinski definition) is 1. The molecule has 2 aromatic carbocycles. The highest BCUT2D eigenvalue weighted by Gasteiger charge is 2.18. The molecule has 0 aliphatic carbocycles. The van der Waals surface area contributed by atoms with E-state index in [1.807, 2.05) is 18.2 Å². The highest BCUT2D eigenvalue weighted by atomic mass is 16.5. The molecule has 0 fully saturated rings. The highest BCUT2D eigenvalue weighted by molar-refractivity contribution is 5.85. The Morgan fingerprint density at radius 3 is 2.30 bits per heavy atom. The van der Waals surface area contributed by atoms with Crippen molar-refractivity contribution in [1.29, 1.82) is 0 Å². The third-order valence-corrected chi connectivity index (χ3v) is 3.90. The lowest BCUT2D eigenvalue weighted by Gasteiger charge is -2.22. The third kappa shape index (κ3) is 6.06. The summed E-state index contributed by atoms with van der Waals surface area (Å²) in [4.78, 5) is 10.6. The zero-order valence-corrected chi connectivity index (χ0v) is 16.2. The van der Waals surface area contributed by atoms with Crippen LogP contribution in [-0.2, 0) is 10.2 Å². The second kappa shape index (κ2) is 9.12. The fourth-order valence-electron chi connectivity index (χ4n) is 2.59. The van der Waals surface area contributed by atoms with Gasteiger partial charge in [-0.2, -0.15) is 0 Å². The molecule has 0 saturated carbocycles. The van der Waals surface area contributed by atoms with Crippen molar-refractivity contribution in [3.05, 3.63) is 59.7 Å². The van der Waals surface area contributed by atoms with Gasteiger partial charge in [-0.25, -0.2) is 4.79 Å². The van der Waals surface area contributed by atoms with Gasteiger partial charge in [0.15, 0.2) is 11.5 Å². The Bertz CT molecular complexity index is 803. The fourth-order valence-corrected chi connectivity index (χ4v) is 2.59. The number of para-hydroxylation sites is 1. The van der Waals surface area contributed by atoms with Gasteiger partial charge in [-0.05, 0) is 40.8 Å². The van der Waals surface area contributed by atoms with E-state index in [-0.39, 0.29) is 5.41 Å². The van der Waals surface area contributed by atoms with Crippen LogP contribution in [0.4, 0.5) is 0 Å². The van der Waals surface area contributed by atoms with Gasteiger partial charge in [0.25, 0.3) is 0 Å². The molecule has 0 radical (unpaired) electrons. The van der Waals surface area contributed by atoms with Gasteiger partial charge in [-0.3, -0.25) is 0 Å². The van der Waals surface area contributed by atoms with Crippen LogP contribution in [0.3, 0.4) is 0 Å². The van der Waals surface area contributed by atoms with Crippen LogP contribution in [0, 0.1) is 0 Å². The molecule has 0 amide bonds. The molecule has 2 rings (SSSR count). The molecule has 0 unspecified atom stereocenters. The fraction of sp³-hybridized carbons (Fsp3) is 0.318. The summed E-state index contributed by atoms with van der Waals surface area (Å²) in [6, 6.07) is 13.3. The highest BCUT2D eigenvalue weighted by Crippen LogP contribution is 2.31. The average molecular weight is 370 g/mol. The Morgan fingerprint density at radius 1 is 1.00 bits per heavy atom. The predicted molar refractivity (Wildman–Crippen MR) is 106 cm³/mol. The van der Waals surface area contributed by atoms with Crippen molar-refractivity contribution in [1.82, 2.24) is 0 Å². The largest absolute Gasteiger partial charge is 0.493 e. The van der Waals surface area contributed by atoms with Gasteiger partial charge in [0.05, 0.1) is 7.11 Å². The van der Waals surface area contributed by atoms with E-state index in [0.29, 0.717) is 24.7 Å². The van der Waals surface area contributed by atoms with Crippen LogP contribution in [0.15, 0.2) is 48.5 Å². The van der Waals surface area contributed by atoms with Crippen LogP contribution in [0.2, 0.25) is 0 Å². The maximum Gasteiger partial charge on any atom is 0.328 e. The standard InChI is InChI=1S/C22H26O5/c1-22(2,3)17-7-5-6-8-18(17)26-13-14-27-19-11-9-16(10-12-21(23)24)15-20(19)25-4/h5-12,15H,13-14H2,1-4H3,(H,23,24). The van der Waals surface area contributed by atoms with E-state index in [0.717, 1.165) is 23.0 Å². The maximum atomic E-state index is 10.6. The van der Waals surface area contributed by atoms with Gasteiger partial charge in [-0.15, -0.1) is 0 Å². The van der Waals surface area contributed by atoms with E-state index in [4.69, 9.17) is 19.3 Å². The SMILES string of the molecule is COc1cc(C=CC(=O)O)ccc1OCCOc1ccccc1C(C)(C)C. The summed E-state index contributed by atoms with van der Waals surface area (Å²) in [6.07, 6.45) is 2.58. The number of aliphatic carboxylic acids is 1. The van der Waals surface area contributed by atoms with Crippen molar-refractivity contribution in [2.75, 3.05) is 20.3 Å². The third-order valence-electron chi connectivity index (χ3n) is 3.90. The lowest BCUT2D eigenvalue weighted by atomic mass is 9.86. The molecular formula is C22H26O5. The van der Waals surface area contributed by atoms with Crippen LogP contribution in [0.25, 0.3) is 6.08 Å². The molecule has 2 aromatic rings. The van der Waals surface area contributed by atoms with Crippen molar-refractivity contribution in [2.45, 2.75) is 26.2 Å². The summed E-state index contributed by atoms with van der Waals surface area (Å²) in [7, 11) is 1.54. The number of carboxylic acids is 1. The number of methoxy groups -OCH3 is 1. The van der Waals surface area contributed by atoms with E-state index in [9.17, 15) is 4.79 Å². The van der Waals surface area contributed by atoms with Crippen LogP contribution in [0.5, 0.6) is 17.2 Å². The first-order valence-corrected chi connectivity index (χ1v) is 8.75. The van der Waals surface area contributed by atoms with Crippen molar-refractivity contribution in [3.63, 3.8) is 0 Å². The summed E-state index contributed by atoms with van der Waals surface area (Å²) in [5.74, 6) is 0.979. The molecule has 0 atom stereocenters. The minimum atomic E-state index is -0.998. The van der Waals surface area contributed by atoms with Gasteiger partial charge < -0.3 is 19.3 Å². The van der Waals surface area contributed by atoms with Crippen LogP contribution < -0.4 is 14.2 Å². The van der Waals surface area contributed by atoms with E-state index >= 15 is 0 Å². The van der Waals surface area contributed by atoms with Gasteiger partial charge in [0, 0.05) is 6.08 Å². The van der Waals surface area contributed by atoms with E-state index in [1.54, 1.807) is 25.3 Å². The van der Waals surface area contributed by atoms with Gasteiger partial charge in [0.1, 0.15) is 19.0 Å². The average Bonchev–Trinajstić information content (AvgIpc) is 2.63. The minimum absolute atomic E-state index is 0.0000284. The minimum Gasteiger partial charge on any atom is -0.493 e. The molecule has 0 saturated heterocycles. The summed E-state index contributed by atoms with van der Waals surface area (Å²) in [5, 5.41) is 8.71. The number of ether oxygens (including phenoxy) is 3. The zero-order valence-electron chi connectivity index (χ0n) is 16.2. The normalized spacial score (nSPS) is 11.4. The monoisotopic (exact) mass is 370 g/mol. The van der Waals surface area contributed by atoms with Crippen LogP contribution in [0.1, 0.15) is 31.9 Å². The lowest BCUT2D eigenvalue weighted by Crippen LogP contribution is -2.15. The zero-order chi connectivity index (χ0) is 19.9. The molecule has 0 aromatic heterocycles. The van der Waals surface area contributed by atoms with E-state index in [1.165, 1.54) is 6.08 Å². The predicted octanol–water partition coefficient (Wildman–Crippen LogP) is 4.55. The molecule has 0 spiro atoms. The van der Waals surface area contributed by atoms with Gasteiger partial charge in [0.2, 0.25) is 0 Å². The first kappa shape index (κ1) is 20.4. The van der Waals surface area contributed by atoms with Crippen molar-refractivity contribution >= 4 is 12.0 Å². The molecule has 27 heavy (non-hydrogen) atoms. The van der Waals surface area contributed by atoms with Crippen LogP contribution in [-0.4, -0.2) is 31.4 Å². The smallest absolute Gasteiger partial charge is 0.328 e. The maximum absolute atomic E-state index is 10.6. The molecule has 0 aliphatic heterocycles. The van der Waals surface area contributed by atoms with Gasteiger partial charge in [-0.1, -0.05) is 45.0 Å². The Hall–Kier alpha value is -2.95. The first-order valence-electron chi connectivity index (χ1n) is 8.75. The molecule has 1 N–H and O–H groups in total. The van der Waals surface area contributed by atoms with Crippen molar-refractivity contribution in [2.24, 2.45) is 0 Å². The molecule has 5 nitrogen and oxygen atoms in total. The van der Waals surface area contributed by atoms with E-state index < -0.39 is 5.97 Å². The second-order valence-electron chi connectivity index (χ2n) is 7.02. The van der Waals surface area contributed by atoms with Crippen LogP contribution >= 0.6 is 0 Å². The summed E-state index contributed by atoms with van der Waals surface area (Å²) in [5.41, 5.74) is 1.87. The Kier molecular flexibility index (Phi) is 6.88. The number of hydrogen-bond acceptors (Lipinski definition) is 4. The molecule has 0 heterocycles. The van der Waals surface area contributed by atoms with E-state index in [2.05, 4.69) is 26.8 Å². The summed E-state index contributed by atoms with van der Waals surface area (Å²) < 4.78 is 17.0. The second-order valence-corrected chi connectivity index (χ2v) is 7.02. The quantitative estimate of drug-likeness (QED) is 0.545. The first-order chi connectivity index (χ1) is 12.8. The molecule has 5 heteroatoms. The topological polar surface area (TPSA) is 65.0 Å². The number of benzene rings is 2. The Balaban J connectivity index is 1.97. The Morgan fingerprint density at radius 2 is 1.67 bits per heavy atom. The Labute approximate surface area is 160 Å².